The molecule has 0 heterocycles. The summed E-state index contributed by atoms with van der Waals surface area (Å²) in [4.78, 5) is 42.9. The van der Waals surface area contributed by atoms with Crippen molar-refractivity contribution in [3.05, 3.63) is 0 Å². The van der Waals surface area contributed by atoms with E-state index in [4.69, 9.17) is 19.6 Å². The number of rotatable bonds is 5. The van der Waals surface area contributed by atoms with E-state index in [9.17, 15) is 31.5 Å². The third-order valence-corrected chi connectivity index (χ3v) is 3.47. The van der Waals surface area contributed by atoms with E-state index >= 15 is 0 Å². The summed E-state index contributed by atoms with van der Waals surface area (Å²) in [5.74, 6) is -2.77. The molecule has 0 rings (SSSR count). The fourth-order valence-electron chi connectivity index (χ4n) is 0.528. The van der Waals surface area contributed by atoms with E-state index in [1.165, 1.54) is 0 Å². The molecule has 18 heavy (non-hydrogen) atoms. The molecule has 0 radical (unpaired) electrons. The normalized spacial score (nSPS) is 14.4. The molecule has 14 heteroatoms. The van der Waals surface area contributed by atoms with Gasteiger partial charge >= 0.3 is 32.4 Å². The molecule has 0 saturated carbocycles. The molecule has 1 amide bonds. The van der Waals surface area contributed by atoms with Gasteiger partial charge in [0.1, 0.15) is 0 Å². The van der Waals surface area contributed by atoms with Crippen LogP contribution in [-0.2, 0) is 13.9 Å². The fourth-order valence-corrected chi connectivity index (χ4v) is 1.16. The lowest BCUT2D eigenvalue weighted by atomic mass is 10.5. The van der Waals surface area contributed by atoms with Crippen LogP contribution in [0.2, 0.25) is 0 Å². The number of carbonyl (C=O) groups excluding carboxylic acids is 1. The molecule has 0 aliphatic rings. The van der Waals surface area contributed by atoms with E-state index in [0.29, 0.717) is 5.32 Å². The standard InChI is InChI=1S/C4H7F4NO7P2/c5-3(6,17(11,12)13)1-9-2(10)4(7,8)18(14,15)16/h1H2,(H,9,10)(H2,11,12,13)(H2,14,15,16). The highest BCUT2D eigenvalue weighted by molar-refractivity contribution is 7.54. The quantitative estimate of drug-likeness (QED) is 0.344. The molecule has 0 aromatic carbocycles. The van der Waals surface area contributed by atoms with Crippen molar-refractivity contribution >= 4 is 21.1 Å². The van der Waals surface area contributed by atoms with Crippen molar-refractivity contribution in [3.8, 4) is 0 Å². The van der Waals surface area contributed by atoms with Crippen LogP contribution in [-0.4, -0.2) is 43.4 Å². The number of hydrogen-bond acceptors (Lipinski definition) is 3. The second-order valence-electron chi connectivity index (χ2n) is 2.98. The Hall–Kier alpha value is -0.510. The Morgan fingerprint density at radius 1 is 1.00 bits per heavy atom. The van der Waals surface area contributed by atoms with E-state index in [1.54, 1.807) is 0 Å². The van der Waals surface area contributed by atoms with Crippen LogP contribution in [0.5, 0.6) is 0 Å². The third-order valence-electron chi connectivity index (χ3n) is 1.53. The Labute approximate surface area is 96.3 Å². The minimum atomic E-state index is -6.23. The summed E-state index contributed by atoms with van der Waals surface area (Å²) in [6, 6.07) is 0. The average molecular weight is 319 g/mol. The van der Waals surface area contributed by atoms with E-state index in [2.05, 4.69) is 0 Å². The zero-order valence-electron chi connectivity index (χ0n) is 8.13. The minimum absolute atomic E-state index is 0.653. The van der Waals surface area contributed by atoms with Gasteiger partial charge in [-0.25, -0.2) is 0 Å². The highest BCUT2D eigenvalue weighted by Gasteiger charge is 2.57. The van der Waals surface area contributed by atoms with Gasteiger partial charge in [-0.05, 0) is 0 Å². The van der Waals surface area contributed by atoms with Crippen LogP contribution in [0.25, 0.3) is 0 Å². The summed E-state index contributed by atoms with van der Waals surface area (Å²) in [6.07, 6.45) is 0. The summed E-state index contributed by atoms with van der Waals surface area (Å²) < 4.78 is 70.6. The predicted molar refractivity (Wildman–Crippen MR) is 47.0 cm³/mol. The van der Waals surface area contributed by atoms with E-state index in [0.717, 1.165) is 0 Å². The largest absolute Gasteiger partial charge is 0.421 e. The number of halogens is 4. The van der Waals surface area contributed by atoms with Gasteiger partial charge in [0.2, 0.25) is 0 Å². The van der Waals surface area contributed by atoms with Crippen molar-refractivity contribution in [1.82, 2.24) is 5.32 Å². The maximum atomic E-state index is 12.6. The molecule has 0 bridgehead atoms. The smallest absolute Gasteiger partial charge is 0.343 e. The third kappa shape index (κ3) is 3.74. The van der Waals surface area contributed by atoms with Gasteiger partial charge in [-0.2, -0.15) is 17.6 Å². The Morgan fingerprint density at radius 3 is 1.67 bits per heavy atom. The van der Waals surface area contributed by atoms with Crippen molar-refractivity contribution in [2.45, 2.75) is 11.3 Å². The predicted octanol–water partition coefficient (Wildman–Crippen LogP) is -0.356. The summed E-state index contributed by atoms with van der Waals surface area (Å²) in [7, 11) is -12.2. The van der Waals surface area contributed by atoms with Gasteiger partial charge in [-0.15, -0.1) is 0 Å². The Bertz CT molecular complexity index is 427. The van der Waals surface area contributed by atoms with Gasteiger partial charge in [0.15, 0.2) is 0 Å². The first-order valence-corrected chi connectivity index (χ1v) is 7.00. The molecule has 8 nitrogen and oxygen atoms in total. The molecule has 0 spiro atoms. The SMILES string of the molecule is O=C(NCC(F)(F)P(=O)(O)O)C(F)(F)P(=O)(O)O. The molecular formula is C4H7F4NO7P2. The molecule has 0 aliphatic heterocycles. The second kappa shape index (κ2) is 4.87. The zero-order valence-corrected chi connectivity index (χ0v) is 9.92. The monoisotopic (exact) mass is 319 g/mol. The van der Waals surface area contributed by atoms with E-state index in [1.807, 2.05) is 0 Å². The highest BCUT2D eigenvalue weighted by Crippen LogP contribution is 2.54. The molecule has 5 N–H and O–H groups in total. The summed E-state index contributed by atoms with van der Waals surface area (Å²) in [5, 5.41) is 0.653. The fraction of sp³-hybridized carbons (Fsp3) is 0.750. The summed E-state index contributed by atoms with van der Waals surface area (Å²) in [6.45, 7) is -2.20. The average Bonchev–Trinajstić information content (AvgIpc) is 2.10. The lowest BCUT2D eigenvalue weighted by molar-refractivity contribution is -0.138. The molecular weight excluding hydrogens is 312 g/mol. The van der Waals surface area contributed by atoms with E-state index < -0.39 is 39.0 Å². The topological polar surface area (TPSA) is 144 Å². The molecule has 0 aromatic rings. The van der Waals surface area contributed by atoms with Crippen LogP contribution < -0.4 is 5.32 Å². The highest BCUT2D eigenvalue weighted by atomic mass is 31.2. The number of hydrogen-bond donors (Lipinski definition) is 5. The Morgan fingerprint density at radius 2 is 1.39 bits per heavy atom. The van der Waals surface area contributed by atoms with Gasteiger partial charge in [-0.1, -0.05) is 0 Å². The van der Waals surface area contributed by atoms with E-state index in [-0.39, 0.29) is 0 Å². The van der Waals surface area contributed by atoms with Crippen LogP contribution >= 0.6 is 15.2 Å². The zero-order chi connectivity index (χ0) is 15.0. The molecule has 0 aromatic heterocycles. The molecule has 0 fully saturated rings. The molecule has 0 saturated heterocycles. The van der Waals surface area contributed by atoms with Gasteiger partial charge in [0.05, 0.1) is 6.54 Å². The van der Waals surface area contributed by atoms with Crippen molar-refractivity contribution in [3.63, 3.8) is 0 Å². The van der Waals surface area contributed by atoms with Crippen LogP contribution in [0.15, 0.2) is 0 Å². The van der Waals surface area contributed by atoms with Crippen molar-refractivity contribution in [1.29, 1.82) is 0 Å². The number of nitrogens with one attached hydrogen (secondary N) is 1. The molecule has 0 unspecified atom stereocenters. The molecule has 108 valence electrons. The van der Waals surface area contributed by atoms with Crippen LogP contribution in [0.3, 0.4) is 0 Å². The van der Waals surface area contributed by atoms with Gasteiger partial charge < -0.3 is 24.9 Å². The number of carbonyl (C=O) groups is 1. The van der Waals surface area contributed by atoms with Crippen LogP contribution in [0.1, 0.15) is 0 Å². The Balaban J connectivity index is 4.84. The molecule has 0 atom stereocenters. The van der Waals surface area contributed by atoms with Gasteiger partial charge in [0.25, 0.3) is 0 Å². The molecule has 0 aliphatic carbocycles. The van der Waals surface area contributed by atoms with Crippen LogP contribution in [0.4, 0.5) is 17.6 Å². The minimum Gasteiger partial charge on any atom is -0.343 e. The lowest BCUT2D eigenvalue weighted by Crippen LogP contribution is -2.44. The lowest BCUT2D eigenvalue weighted by Gasteiger charge is -2.21. The Kier molecular flexibility index (Phi) is 4.74. The summed E-state index contributed by atoms with van der Waals surface area (Å²) in [5.41, 5.74) is -10.1. The maximum Gasteiger partial charge on any atom is 0.421 e. The van der Waals surface area contributed by atoms with Gasteiger partial charge in [-0.3, -0.25) is 13.9 Å². The number of amides is 1. The first-order chi connectivity index (χ1) is 7.63. The van der Waals surface area contributed by atoms with Crippen molar-refractivity contribution in [2.75, 3.05) is 6.54 Å². The number of alkyl halides is 4. The first kappa shape index (κ1) is 17.5. The van der Waals surface area contributed by atoms with Crippen LogP contribution in [0, 0.1) is 0 Å². The summed E-state index contributed by atoms with van der Waals surface area (Å²) >= 11 is 0. The van der Waals surface area contributed by atoms with Gasteiger partial charge in [0, 0.05) is 0 Å². The first-order valence-electron chi connectivity index (χ1n) is 3.78. The second-order valence-corrected chi connectivity index (χ2v) is 6.37. The van der Waals surface area contributed by atoms with Crippen molar-refractivity contribution < 1.29 is 51.1 Å². The van der Waals surface area contributed by atoms with Crippen molar-refractivity contribution in [2.24, 2.45) is 0 Å². The maximum absolute atomic E-state index is 12.6.